The molecule has 0 saturated heterocycles. The molecule has 0 unspecified atom stereocenters. The summed E-state index contributed by atoms with van der Waals surface area (Å²) in [5.41, 5.74) is 5.11. The van der Waals surface area contributed by atoms with Crippen LogP contribution in [0.4, 0.5) is 0 Å². The Morgan fingerprint density at radius 2 is 1.84 bits per heavy atom. The lowest BCUT2D eigenvalue weighted by Crippen LogP contribution is -2.00. The van der Waals surface area contributed by atoms with E-state index in [1.54, 1.807) is 12.1 Å². The minimum absolute atomic E-state index is 0.216. The number of H-pyrrole nitrogens is 1. The molecule has 4 rings (SSSR count). The van der Waals surface area contributed by atoms with Crippen molar-refractivity contribution in [2.45, 2.75) is 18.9 Å². The number of aryl methyl sites for hydroxylation is 2. The average Bonchev–Trinajstić information content (AvgIpc) is 3.11. The quantitative estimate of drug-likeness (QED) is 0.327. The van der Waals surface area contributed by atoms with E-state index in [4.69, 9.17) is 0 Å². The summed E-state index contributed by atoms with van der Waals surface area (Å²) in [4.78, 5) is 3.36. The zero-order valence-corrected chi connectivity index (χ0v) is 14.5. The van der Waals surface area contributed by atoms with Crippen LogP contribution in [0.2, 0.25) is 0 Å². The second-order valence-electron chi connectivity index (χ2n) is 5.92. The third-order valence-corrected chi connectivity index (χ3v) is 4.75. The number of benzene rings is 2. The Balaban J connectivity index is 2.06. The normalized spacial score (nSPS) is 11.3. The minimum atomic E-state index is -0.254. The standard InChI is InChI=1S/C18H16N4O2S/c1-9-10(2)19-12-6-3-5-11(15(9)12)16-18(25)20-21-22(16)13-7-4-8-14(23)17(13)24/h3-8,19,23-25H,1-2H3. The average molecular weight is 352 g/mol. The number of aromatic amines is 1. The second-order valence-corrected chi connectivity index (χ2v) is 6.35. The van der Waals surface area contributed by atoms with Gasteiger partial charge >= 0.3 is 0 Å². The molecule has 2 aromatic heterocycles. The number of aromatic nitrogens is 4. The van der Waals surface area contributed by atoms with Gasteiger partial charge in [0.25, 0.3) is 0 Å². The molecule has 2 aromatic carbocycles. The molecule has 7 heteroatoms. The molecule has 126 valence electrons. The van der Waals surface area contributed by atoms with Crippen LogP contribution in [0.1, 0.15) is 11.3 Å². The van der Waals surface area contributed by atoms with Crippen molar-refractivity contribution in [1.82, 2.24) is 20.0 Å². The van der Waals surface area contributed by atoms with Crippen molar-refractivity contribution < 1.29 is 10.2 Å². The van der Waals surface area contributed by atoms with Gasteiger partial charge in [0.05, 0.1) is 0 Å². The van der Waals surface area contributed by atoms with Crippen molar-refractivity contribution in [2.24, 2.45) is 0 Å². The molecular weight excluding hydrogens is 336 g/mol. The van der Waals surface area contributed by atoms with E-state index < -0.39 is 0 Å². The highest BCUT2D eigenvalue weighted by Crippen LogP contribution is 2.38. The lowest BCUT2D eigenvalue weighted by atomic mass is 10.0. The molecule has 0 aliphatic heterocycles. The van der Waals surface area contributed by atoms with Gasteiger partial charge in [-0.05, 0) is 37.6 Å². The van der Waals surface area contributed by atoms with Gasteiger partial charge in [0.15, 0.2) is 11.5 Å². The summed E-state index contributed by atoms with van der Waals surface area (Å²) >= 11 is 4.46. The molecule has 0 aliphatic rings. The molecule has 0 atom stereocenters. The predicted octanol–water partition coefficient (Wildman–Crippen LogP) is 3.73. The number of rotatable bonds is 2. The van der Waals surface area contributed by atoms with Crippen LogP contribution in [-0.4, -0.2) is 30.2 Å². The first-order chi connectivity index (χ1) is 12.0. The Morgan fingerprint density at radius 3 is 2.64 bits per heavy atom. The Bertz CT molecular complexity index is 1110. The summed E-state index contributed by atoms with van der Waals surface area (Å²) in [6.45, 7) is 4.08. The molecule has 6 nitrogen and oxygen atoms in total. The number of nitrogens with zero attached hydrogens (tertiary/aromatic N) is 3. The molecule has 0 bridgehead atoms. The van der Waals surface area contributed by atoms with Gasteiger partial charge in [0.1, 0.15) is 16.4 Å². The van der Waals surface area contributed by atoms with Gasteiger partial charge in [0, 0.05) is 22.2 Å². The highest BCUT2D eigenvalue weighted by atomic mass is 32.1. The molecule has 0 radical (unpaired) electrons. The maximum atomic E-state index is 10.2. The first kappa shape index (κ1) is 15.6. The first-order valence-electron chi connectivity index (χ1n) is 7.73. The van der Waals surface area contributed by atoms with E-state index in [0.29, 0.717) is 16.4 Å². The molecule has 0 fully saturated rings. The van der Waals surface area contributed by atoms with Crippen LogP contribution in [0.25, 0.3) is 27.8 Å². The maximum absolute atomic E-state index is 10.2. The van der Waals surface area contributed by atoms with E-state index in [1.165, 1.54) is 10.7 Å². The van der Waals surface area contributed by atoms with Crippen LogP contribution >= 0.6 is 12.6 Å². The fraction of sp³-hybridized carbons (Fsp3) is 0.111. The summed E-state index contributed by atoms with van der Waals surface area (Å²) in [6, 6.07) is 10.6. The molecular formula is C18H16N4O2S. The van der Waals surface area contributed by atoms with Crippen molar-refractivity contribution in [3.8, 4) is 28.4 Å². The fourth-order valence-corrected chi connectivity index (χ4v) is 3.36. The largest absolute Gasteiger partial charge is 0.504 e. The summed E-state index contributed by atoms with van der Waals surface area (Å²) in [5.74, 6) is -0.470. The number of hydrogen-bond donors (Lipinski definition) is 4. The highest BCUT2D eigenvalue weighted by molar-refractivity contribution is 7.80. The van der Waals surface area contributed by atoms with Gasteiger partial charge in [0.2, 0.25) is 0 Å². The van der Waals surface area contributed by atoms with E-state index in [-0.39, 0.29) is 11.5 Å². The topological polar surface area (TPSA) is 87.0 Å². The minimum Gasteiger partial charge on any atom is -0.504 e. The van der Waals surface area contributed by atoms with E-state index in [2.05, 4.69) is 34.8 Å². The number of fused-ring (bicyclic) bond motifs is 1. The van der Waals surface area contributed by atoms with E-state index >= 15 is 0 Å². The smallest absolute Gasteiger partial charge is 0.183 e. The monoisotopic (exact) mass is 352 g/mol. The highest BCUT2D eigenvalue weighted by Gasteiger charge is 2.21. The number of hydrogen-bond acceptors (Lipinski definition) is 5. The third kappa shape index (κ3) is 2.27. The number of thiol groups is 1. The van der Waals surface area contributed by atoms with E-state index in [9.17, 15) is 10.2 Å². The Labute approximate surface area is 149 Å². The fourth-order valence-electron chi connectivity index (χ4n) is 3.11. The zero-order chi connectivity index (χ0) is 17.7. The van der Waals surface area contributed by atoms with Gasteiger partial charge in [-0.1, -0.05) is 23.4 Å². The van der Waals surface area contributed by atoms with Gasteiger partial charge in [-0.2, -0.15) is 0 Å². The number of aromatic hydroxyl groups is 2. The van der Waals surface area contributed by atoms with Crippen LogP contribution < -0.4 is 0 Å². The second kappa shape index (κ2) is 5.56. The van der Waals surface area contributed by atoms with Gasteiger partial charge in [-0.15, -0.1) is 17.7 Å². The maximum Gasteiger partial charge on any atom is 0.183 e. The molecule has 2 heterocycles. The first-order valence-corrected chi connectivity index (χ1v) is 8.18. The van der Waals surface area contributed by atoms with Crippen molar-refractivity contribution >= 4 is 23.5 Å². The Morgan fingerprint density at radius 1 is 1.08 bits per heavy atom. The molecule has 4 aromatic rings. The summed E-state index contributed by atoms with van der Waals surface area (Å²) in [7, 11) is 0. The van der Waals surface area contributed by atoms with Crippen molar-refractivity contribution in [3.63, 3.8) is 0 Å². The third-order valence-electron chi connectivity index (χ3n) is 4.45. The summed E-state index contributed by atoms with van der Waals surface area (Å²) in [6.07, 6.45) is 0. The molecule has 3 N–H and O–H groups in total. The zero-order valence-electron chi connectivity index (χ0n) is 13.6. The Kier molecular flexibility index (Phi) is 3.47. The Hall–Kier alpha value is -2.93. The lowest BCUT2D eigenvalue weighted by molar-refractivity contribution is 0.401. The van der Waals surface area contributed by atoms with E-state index in [1.807, 2.05) is 25.1 Å². The van der Waals surface area contributed by atoms with Gasteiger partial charge < -0.3 is 15.2 Å². The lowest BCUT2D eigenvalue weighted by Gasteiger charge is -2.11. The van der Waals surface area contributed by atoms with Crippen molar-refractivity contribution in [2.75, 3.05) is 0 Å². The van der Waals surface area contributed by atoms with Crippen LogP contribution in [0.3, 0.4) is 0 Å². The number of nitrogens with one attached hydrogen (secondary N) is 1. The van der Waals surface area contributed by atoms with Crippen LogP contribution in [0, 0.1) is 13.8 Å². The molecule has 25 heavy (non-hydrogen) atoms. The van der Waals surface area contributed by atoms with Crippen LogP contribution in [0.5, 0.6) is 11.5 Å². The van der Waals surface area contributed by atoms with E-state index in [0.717, 1.165) is 27.7 Å². The predicted molar refractivity (Wildman–Crippen MR) is 98.7 cm³/mol. The van der Waals surface area contributed by atoms with Gasteiger partial charge in [-0.3, -0.25) is 0 Å². The molecule has 0 aliphatic carbocycles. The summed E-state index contributed by atoms with van der Waals surface area (Å²) in [5, 5.41) is 29.7. The van der Waals surface area contributed by atoms with Crippen LogP contribution in [-0.2, 0) is 0 Å². The summed E-state index contributed by atoms with van der Waals surface area (Å²) < 4.78 is 1.49. The number of phenolic OH excluding ortho intramolecular Hbond substituents is 2. The number of para-hydroxylation sites is 1. The van der Waals surface area contributed by atoms with Crippen molar-refractivity contribution in [3.05, 3.63) is 47.7 Å². The van der Waals surface area contributed by atoms with Crippen molar-refractivity contribution in [1.29, 1.82) is 0 Å². The molecule has 0 spiro atoms. The molecule has 0 amide bonds. The number of phenols is 2. The van der Waals surface area contributed by atoms with Gasteiger partial charge in [-0.25, -0.2) is 4.68 Å². The molecule has 0 saturated carbocycles. The SMILES string of the molecule is Cc1[nH]c2cccc(-c3c(S)nnn3-c3cccc(O)c3O)c2c1C. The van der Waals surface area contributed by atoms with Crippen LogP contribution in [0.15, 0.2) is 41.4 Å².